The molecule has 3 nitrogen and oxygen atoms in total. The van der Waals surface area contributed by atoms with E-state index in [1.165, 1.54) is 6.21 Å². The lowest BCUT2D eigenvalue weighted by Gasteiger charge is -1.90. The second-order valence-electron chi connectivity index (χ2n) is 1.70. The van der Waals surface area contributed by atoms with Gasteiger partial charge in [-0.1, -0.05) is 0 Å². The molecular weight excluding hydrogens is 114 g/mol. The summed E-state index contributed by atoms with van der Waals surface area (Å²) in [4.78, 5) is 3.78. The molecule has 1 aromatic heterocycles. The fourth-order valence-electron chi connectivity index (χ4n) is 0.555. The van der Waals surface area contributed by atoms with Crippen molar-refractivity contribution in [2.24, 2.45) is 0 Å². The van der Waals surface area contributed by atoms with Crippen LogP contribution in [0, 0.1) is 5.41 Å². The first-order chi connectivity index (χ1) is 4.33. The van der Waals surface area contributed by atoms with Gasteiger partial charge in [-0.2, -0.15) is 0 Å². The van der Waals surface area contributed by atoms with Gasteiger partial charge in [-0.3, -0.25) is 4.98 Å². The van der Waals surface area contributed by atoms with Crippen molar-refractivity contribution >= 4 is 11.9 Å². The minimum absolute atomic E-state index is 0.594. The van der Waals surface area contributed by atoms with Crippen LogP contribution in [0.3, 0.4) is 0 Å². The Hall–Kier alpha value is -1.38. The van der Waals surface area contributed by atoms with Crippen LogP contribution in [0.25, 0.3) is 0 Å². The number of hydrogen-bond acceptors (Lipinski definition) is 3. The predicted molar refractivity (Wildman–Crippen MR) is 36.5 cm³/mol. The quantitative estimate of drug-likeness (QED) is 0.536. The number of anilines is 1. The molecule has 0 saturated carbocycles. The lowest BCUT2D eigenvalue weighted by molar-refractivity contribution is 1.32. The molecule has 0 amide bonds. The van der Waals surface area contributed by atoms with Crippen molar-refractivity contribution in [1.29, 1.82) is 5.41 Å². The van der Waals surface area contributed by atoms with Crippen molar-refractivity contribution in [3.8, 4) is 0 Å². The summed E-state index contributed by atoms with van der Waals surface area (Å²) in [6.45, 7) is 0. The molecule has 3 N–H and O–H groups in total. The number of nitrogens with two attached hydrogens (primary N) is 1. The molecule has 0 bridgehead atoms. The summed E-state index contributed by atoms with van der Waals surface area (Å²) in [5.41, 5.74) is 6.69. The van der Waals surface area contributed by atoms with E-state index in [2.05, 4.69) is 4.98 Å². The fourth-order valence-corrected chi connectivity index (χ4v) is 0.555. The molecule has 9 heavy (non-hydrogen) atoms. The zero-order valence-electron chi connectivity index (χ0n) is 4.83. The molecule has 0 radical (unpaired) electrons. The van der Waals surface area contributed by atoms with Crippen molar-refractivity contribution in [3.63, 3.8) is 0 Å². The molecule has 3 heteroatoms. The topological polar surface area (TPSA) is 62.8 Å². The zero-order chi connectivity index (χ0) is 6.69. The Morgan fingerprint density at radius 2 is 2.33 bits per heavy atom. The van der Waals surface area contributed by atoms with Crippen molar-refractivity contribution in [2.45, 2.75) is 0 Å². The van der Waals surface area contributed by atoms with Crippen LogP contribution in [0.4, 0.5) is 5.69 Å². The molecule has 0 fully saturated rings. The Morgan fingerprint density at radius 3 is 2.78 bits per heavy atom. The van der Waals surface area contributed by atoms with Gasteiger partial charge in [0.1, 0.15) is 0 Å². The van der Waals surface area contributed by atoms with E-state index >= 15 is 0 Å². The molecule has 0 aliphatic carbocycles. The van der Waals surface area contributed by atoms with Crippen LogP contribution in [0.15, 0.2) is 18.5 Å². The fraction of sp³-hybridized carbons (Fsp3) is 0. The molecular formula is C6H7N3. The molecule has 46 valence electrons. The number of nitrogen functional groups attached to an aromatic ring is 1. The Kier molecular flexibility index (Phi) is 1.44. The minimum atomic E-state index is 0.594. The van der Waals surface area contributed by atoms with Gasteiger partial charge in [0.05, 0.1) is 5.69 Å². The zero-order valence-corrected chi connectivity index (χ0v) is 4.83. The first-order valence-corrected chi connectivity index (χ1v) is 2.54. The molecule has 1 aromatic rings. The van der Waals surface area contributed by atoms with E-state index in [1.54, 1.807) is 18.5 Å². The van der Waals surface area contributed by atoms with Crippen LogP contribution in [0.5, 0.6) is 0 Å². The highest BCUT2D eigenvalue weighted by atomic mass is 14.7. The molecule has 0 saturated heterocycles. The molecule has 0 spiro atoms. The normalized spacial score (nSPS) is 8.89. The lowest BCUT2D eigenvalue weighted by Crippen LogP contribution is -1.88. The number of nitrogens with zero attached hydrogens (tertiary/aromatic N) is 1. The Labute approximate surface area is 53.0 Å². The van der Waals surface area contributed by atoms with Crippen LogP contribution < -0.4 is 5.73 Å². The minimum Gasteiger partial charge on any atom is -0.397 e. The van der Waals surface area contributed by atoms with E-state index in [0.29, 0.717) is 5.69 Å². The van der Waals surface area contributed by atoms with E-state index in [0.717, 1.165) is 5.56 Å². The van der Waals surface area contributed by atoms with Gasteiger partial charge in [0, 0.05) is 24.2 Å². The third-order valence-corrected chi connectivity index (χ3v) is 0.947. The Bertz CT molecular complexity index is 219. The maximum atomic E-state index is 6.82. The standard InChI is InChI=1S/C6H7N3/c7-2-5-1-6(8)4-9-3-5/h1-4,7H,8H2. The second-order valence-corrected chi connectivity index (χ2v) is 1.70. The first-order valence-electron chi connectivity index (χ1n) is 2.54. The highest BCUT2D eigenvalue weighted by molar-refractivity contribution is 5.77. The van der Waals surface area contributed by atoms with E-state index in [9.17, 15) is 0 Å². The molecule has 0 atom stereocenters. The van der Waals surface area contributed by atoms with Crippen LogP contribution in [0.2, 0.25) is 0 Å². The van der Waals surface area contributed by atoms with E-state index in [1.807, 2.05) is 0 Å². The van der Waals surface area contributed by atoms with Gasteiger partial charge >= 0.3 is 0 Å². The average molecular weight is 121 g/mol. The smallest absolute Gasteiger partial charge is 0.0507 e. The van der Waals surface area contributed by atoms with Crippen molar-refractivity contribution in [2.75, 3.05) is 5.73 Å². The van der Waals surface area contributed by atoms with Gasteiger partial charge in [-0.05, 0) is 6.07 Å². The third kappa shape index (κ3) is 1.25. The SMILES string of the molecule is N=Cc1cncc(N)c1. The Balaban J connectivity index is 3.07. The van der Waals surface area contributed by atoms with E-state index < -0.39 is 0 Å². The summed E-state index contributed by atoms with van der Waals surface area (Å²) in [5.74, 6) is 0. The van der Waals surface area contributed by atoms with Crippen LogP contribution in [-0.2, 0) is 0 Å². The van der Waals surface area contributed by atoms with Gasteiger partial charge in [0.25, 0.3) is 0 Å². The number of pyridine rings is 1. The van der Waals surface area contributed by atoms with Gasteiger partial charge in [0.15, 0.2) is 0 Å². The van der Waals surface area contributed by atoms with Gasteiger partial charge < -0.3 is 11.1 Å². The number of rotatable bonds is 1. The molecule has 1 heterocycles. The first kappa shape index (κ1) is 5.75. The molecule has 0 aliphatic rings. The van der Waals surface area contributed by atoms with Gasteiger partial charge in [-0.15, -0.1) is 0 Å². The van der Waals surface area contributed by atoms with Crippen LogP contribution in [-0.4, -0.2) is 11.2 Å². The monoisotopic (exact) mass is 121 g/mol. The van der Waals surface area contributed by atoms with Crippen molar-refractivity contribution in [1.82, 2.24) is 4.98 Å². The van der Waals surface area contributed by atoms with Crippen molar-refractivity contribution < 1.29 is 0 Å². The van der Waals surface area contributed by atoms with E-state index in [-0.39, 0.29) is 0 Å². The molecule has 0 unspecified atom stereocenters. The van der Waals surface area contributed by atoms with Gasteiger partial charge in [0.2, 0.25) is 0 Å². The van der Waals surface area contributed by atoms with Crippen LogP contribution in [0.1, 0.15) is 5.56 Å². The molecule has 1 rings (SSSR count). The number of aromatic nitrogens is 1. The summed E-state index contributed by atoms with van der Waals surface area (Å²) in [7, 11) is 0. The lowest BCUT2D eigenvalue weighted by atomic mass is 10.3. The summed E-state index contributed by atoms with van der Waals surface area (Å²) in [6.07, 6.45) is 4.35. The summed E-state index contributed by atoms with van der Waals surface area (Å²) in [6, 6.07) is 1.69. The molecule has 0 aliphatic heterocycles. The van der Waals surface area contributed by atoms with E-state index in [4.69, 9.17) is 11.1 Å². The maximum absolute atomic E-state index is 6.82. The summed E-state index contributed by atoms with van der Waals surface area (Å²) in [5, 5.41) is 6.82. The predicted octanol–water partition coefficient (Wildman–Crippen LogP) is 0.661. The highest BCUT2D eigenvalue weighted by Crippen LogP contribution is 1.99. The summed E-state index contributed by atoms with van der Waals surface area (Å²) >= 11 is 0. The maximum Gasteiger partial charge on any atom is 0.0507 e. The second kappa shape index (κ2) is 2.26. The number of hydrogen-bond donors (Lipinski definition) is 2. The van der Waals surface area contributed by atoms with Crippen LogP contribution >= 0.6 is 0 Å². The summed E-state index contributed by atoms with van der Waals surface area (Å²) < 4.78 is 0. The third-order valence-electron chi connectivity index (χ3n) is 0.947. The van der Waals surface area contributed by atoms with Gasteiger partial charge in [-0.25, -0.2) is 0 Å². The highest BCUT2D eigenvalue weighted by Gasteiger charge is 1.86. The largest absolute Gasteiger partial charge is 0.397 e. The Morgan fingerprint density at radius 1 is 1.56 bits per heavy atom. The van der Waals surface area contributed by atoms with Crippen molar-refractivity contribution in [3.05, 3.63) is 24.0 Å². The average Bonchev–Trinajstić information content (AvgIpc) is 1.88. The number of nitrogens with one attached hydrogen (secondary N) is 1. The molecule has 0 aromatic carbocycles.